The van der Waals surface area contributed by atoms with E-state index in [2.05, 4.69) is 0 Å². The molecule has 3 aromatic carbocycles. The maximum atomic E-state index is 13.0. The van der Waals surface area contributed by atoms with Gasteiger partial charge in [-0.25, -0.2) is 3.96 Å². The van der Waals surface area contributed by atoms with Crippen molar-refractivity contribution in [3.63, 3.8) is 0 Å². The van der Waals surface area contributed by atoms with Gasteiger partial charge in [-0.15, -0.1) is 3.36 Å². The molecule has 0 atom stereocenters. The normalized spacial score (nSPS) is 12.0. The smallest absolute Gasteiger partial charge is 0.267 e. The number of rotatable bonds is 3. The lowest BCUT2D eigenvalue weighted by Crippen LogP contribution is -2.22. The molecule has 144 valence electrons. The maximum Gasteiger partial charge on any atom is 0.282 e. The molecular weight excluding hydrogens is 428 g/mol. The summed E-state index contributed by atoms with van der Waals surface area (Å²) in [7, 11) is -4.03. The minimum absolute atomic E-state index is 0.0101. The van der Waals surface area contributed by atoms with Crippen LogP contribution in [0.5, 0.6) is 0 Å². The molecule has 0 radical (unpaired) electrons. The van der Waals surface area contributed by atoms with Crippen LogP contribution in [-0.4, -0.2) is 15.7 Å². The Morgan fingerprint density at radius 1 is 0.655 bits per heavy atom. The Balaban J connectivity index is 1.60. The zero-order valence-electron chi connectivity index (χ0n) is 14.7. The third kappa shape index (κ3) is 2.78. The molecule has 0 aliphatic carbocycles. The molecule has 0 amide bonds. The SMILES string of the molecule is O=c1c2ccccc2sn1-c1ccc(S(=O)(=O)n2sc3ccccc3c2=O)cc1. The second-order valence-corrected chi connectivity index (χ2v) is 10.3. The zero-order valence-corrected chi connectivity index (χ0v) is 17.1. The molecule has 0 aliphatic rings. The van der Waals surface area contributed by atoms with Crippen LogP contribution in [0.15, 0.2) is 87.3 Å². The minimum Gasteiger partial charge on any atom is -0.267 e. The van der Waals surface area contributed by atoms with Crippen LogP contribution in [-0.2, 0) is 10.0 Å². The second-order valence-electron chi connectivity index (χ2n) is 6.31. The molecule has 0 saturated heterocycles. The average Bonchev–Trinajstić information content (AvgIpc) is 3.26. The van der Waals surface area contributed by atoms with Crippen molar-refractivity contribution < 1.29 is 8.42 Å². The average molecular weight is 441 g/mol. The summed E-state index contributed by atoms with van der Waals surface area (Å²) in [5.74, 6) is 0. The third-order valence-corrected chi connectivity index (χ3v) is 8.82. The summed E-state index contributed by atoms with van der Waals surface area (Å²) in [6, 6.07) is 20.0. The van der Waals surface area contributed by atoms with Crippen LogP contribution in [0, 0.1) is 0 Å². The van der Waals surface area contributed by atoms with E-state index >= 15 is 0 Å². The van der Waals surface area contributed by atoms with Crippen LogP contribution in [0.1, 0.15) is 0 Å². The molecule has 0 bridgehead atoms. The van der Waals surface area contributed by atoms with Crippen molar-refractivity contribution in [3.8, 4) is 5.69 Å². The van der Waals surface area contributed by atoms with Crippen molar-refractivity contribution in [2.75, 3.05) is 0 Å². The highest BCUT2D eigenvalue weighted by Gasteiger charge is 2.22. The summed E-state index contributed by atoms with van der Waals surface area (Å²) in [5, 5.41) is 0.987. The molecule has 2 heterocycles. The Kier molecular flexibility index (Phi) is 4.05. The number of benzene rings is 3. The van der Waals surface area contributed by atoms with Crippen molar-refractivity contribution in [1.29, 1.82) is 0 Å². The summed E-state index contributed by atoms with van der Waals surface area (Å²) in [6.07, 6.45) is 0. The summed E-state index contributed by atoms with van der Waals surface area (Å²) in [6.45, 7) is 0. The fourth-order valence-electron chi connectivity index (χ4n) is 3.10. The summed E-state index contributed by atoms with van der Waals surface area (Å²) >= 11 is 2.19. The third-order valence-electron chi connectivity index (χ3n) is 4.54. The topological polar surface area (TPSA) is 78.1 Å². The molecule has 0 N–H and O–H groups in total. The first-order valence-corrected chi connectivity index (χ1v) is 11.5. The van der Waals surface area contributed by atoms with Crippen LogP contribution < -0.4 is 11.1 Å². The van der Waals surface area contributed by atoms with Gasteiger partial charge in [0.1, 0.15) is 0 Å². The highest BCUT2D eigenvalue weighted by molar-refractivity contribution is 7.91. The number of aromatic nitrogens is 2. The van der Waals surface area contributed by atoms with Gasteiger partial charge < -0.3 is 0 Å². The monoisotopic (exact) mass is 440 g/mol. The fourth-order valence-corrected chi connectivity index (χ4v) is 6.73. The lowest BCUT2D eigenvalue weighted by molar-refractivity contribution is 0.590. The summed E-state index contributed by atoms with van der Waals surface area (Å²) in [4.78, 5) is 25.1. The largest absolute Gasteiger partial charge is 0.282 e. The lowest BCUT2D eigenvalue weighted by atomic mass is 10.3. The van der Waals surface area contributed by atoms with Crippen molar-refractivity contribution in [3.05, 3.63) is 93.5 Å². The first kappa shape index (κ1) is 18.0. The van der Waals surface area contributed by atoms with Gasteiger partial charge >= 0.3 is 0 Å². The predicted molar refractivity (Wildman–Crippen MR) is 116 cm³/mol. The quantitative estimate of drug-likeness (QED) is 0.429. The molecule has 0 saturated carbocycles. The molecule has 5 rings (SSSR count). The first-order chi connectivity index (χ1) is 14.0. The van der Waals surface area contributed by atoms with Gasteiger partial charge in [-0.3, -0.25) is 9.59 Å². The lowest BCUT2D eigenvalue weighted by Gasteiger charge is -2.05. The van der Waals surface area contributed by atoms with Gasteiger partial charge in [0.15, 0.2) is 0 Å². The Hall–Kier alpha value is -3.01. The van der Waals surface area contributed by atoms with E-state index in [0.717, 1.165) is 19.6 Å². The van der Waals surface area contributed by atoms with Crippen LogP contribution in [0.3, 0.4) is 0 Å². The van der Waals surface area contributed by atoms with Crippen molar-refractivity contribution in [2.45, 2.75) is 4.90 Å². The molecule has 0 unspecified atom stereocenters. The van der Waals surface area contributed by atoms with Crippen LogP contribution in [0.25, 0.3) is 25.9 Å². The van der Waals surface area contributed by atoms with Crippen LogP contribution >= 0.6 is 23.1 Å². The Labute approximate surface area is 172 Å². The molecule has 29 heavy (non-hydrogen) atoms. The molecule has 6 nitrogen and oxygen atoms in total. The Morgan fingerprint density at radius 2 is 1.21 bits per heavy atom. The standard InChI is InChI=1S/C20H12N2O4S3/c23-19-15-5-1-3-7-17(15)27-21(19)13-9-11-14(12-10-13)29(25,26)22-20(24)16-6-2-4-8-18(16)28-22/h1-12H. The van der Waals surface area contributed by atoms with Crippen LogP contribution in [0.4, 0.5) is 0 Å². The van der Waals surface area contributed by atoms with Crippen molar-refractivity contribution in [2.24, 2.45) is 0 Å². The van der Waals surface area contributed by atoms with Crippen LogP contribution in [0.2, 0.25) is 0 Å². The van der Waals surface area contributed by atoms with Crippen molar-refractivity contribution >= 4 is 53.3 Å². The predicted octanol–water partition coefficient (Wildman–Crippen LogP) is 3.67. The molecule has 9 heteroatoms. The van der Waals surface area contributed by atoms with E-state index in [-0.39, 0.29) is 10.5 Å². The van der Waals surface area contributed by atoms with Crippen molar-refractivity contribution in [1.82, 2.24) is 7.32 Å². The Bertz CT molecular complexity index is 1600. The van der Waals surface area contributed by atoms with Gasteiger partial charge in [-0.1, -0.05) is 35.8 Å². The molecule has 0 aliphatic heterocycles. The summed E-state index contributed by atoms with van der Waals surface area (Å²) < 4.78 is 29.8. The number of hydrogen-bond acceptors (Lipinski definition) is 6. The second kappa shape index (κ2) is 6.51. The van der Waals surface area contributed by atoms with Gasteiger partial charge in [-0.2, -0.15) is 8.42 Å². The van der Waals surface area contributed by atoms with Gasteiger partial charge in [0.2, 0.25) is 0 Å². The molecule has 0 spiro atoms. The molecular formula is C20H12N2O4S3. The number of fused-ring (bicyclic) bond motifs is 2. The van der Waals surface area contributed by atoms with Gasteiger partial charge in [0.25, 0.3) is 21.1 Å². The van der Waals surface area contributed by atoms with Gasteiger partial charge in [0.05, 0.1) is 30.8 Å². The van der Waals surface area contributed by atoms with E-state index in [0.29, 0.717) is 21.2 Å². The molecule has 5 aromatic rings. The van der Waals surface area contributed by atoms with E-state index in [1.807, 2.05) is 12.1 Å². The number of nitrogens with zero attached hydrogens (tertiary/aromatic N) is 2. The highest BCUT2D eigenvalue weighted by atomic mass is 32.3. The first-order valence-electron chi connectivity index (χ1n) is 8.55. The van der Waals surface area contributed by atoms with Gasteiger partial charge in [0, 0.05) is 0 Å². The maximum absolute atomic E-state index is 13.0. The molecule has 0 fully saturated rings. The van der Waals surface area contributed by atoms with E-state index < -0.39 is 15.6 Å². The minimum atomic E-state index is -4.03. The molecule has 2 aromatic heterocycles. The summed E-state index contributed by atoms with van der Waals surface area (Å²) in [5.41, 5.74) is -0.142. The highest BCUT2D eigenvalue weighted by Crippen LogP contribution is 2.24. The van der Waals surface area contributed by atoms with E-state index in [1.165, 1.54) is 27.6 Å². The van der Waals surface area contributed by atoms with Gasteiger partial charge in [-0.05, 0) is 60.1 Å². The zero-order chi connectivity index (χ0) is 20.2. The number of hydrogen-bond donors (Lipinski definition) is 0. The van der Waals surface area contributed by atoms with E-state index in [1.54, 1.807) is 48.5 Å². The van der Waals surface area contributed by atoms with E-state index in [9.17, 15) is 18.0 Å². The van der Waals surface area contributed by atoms with E-state index in [4.69, 9.17) is 0 Å². The Morgan fingerprint density at radius 3 is 1.79 bits per heavy atom. The fraction of sp³-hybridized carbons (Fsp3) is 0.